The fourth-order valence-electron chi connectivity index (χ4n) is 2.09. The van der Waals surface area contributed by atoms with Gasteiger partial charge in [0.15, 0.2) is 0 Å². The standard InChI is InChI=1S/C17H14F2N6O2/c18-17(19)27-14-8-6-12(7-9-14)10-20-21-15(26)11-25-23-16(22-24-25)13-4-2-1-3-5-13/h1-10,17H,11H2,(H,21,26)/b20-10-. The Balaban J connectivity index is 1.51. The third-order valence-electron chi connectivity index (χ3n) is 3.28. The summed E-state index contributed by atoms with van der Waals surface area (Å²) in [6.45, 7) is -3.03. The minimum Gasteiger partial charge on any atom is -0.435 e. The van der Waals surface area contributed by atoms with E-state index in [4.69, 9.17) is 0 Å². The molecule has 0 bridgehead atoms. The number of ether oxygens (including phenoxy) is 1. The molecule has 0 atom stereocenters. The molecule has 0 fully saturated rings. The molecule has 0 saturated heterocycles. The number of nitrogens with one attached hydrogen (secondary N) is 1. The number of hydrogen-bond acceptors (Lipinski definition) is 6. The number of carbonyl (C=O) groups excluding carboxylic acids is 1. The van der Waals surface area contributed by atoms with Crippen LogP contribution in [0.15, 0.2) is 59.7 Å². The molecule has 1 amide bonds. The van der Waals surface area contributed by atoms with Crippen LogP contribution in [0, 0.1) is 0 Å². The highest BCUT2D eigenvalue weighted by molar-refractivity contribution is 5.82. The Morgan fingerprint density at radius 2 is 1.93 bits per heavy atom. The smallest absolute Gasteiger partial charge is 0.387 e. The Hall–Kier alpha value is -3.69. The summed E-state index contributed by atoms with van der Waals surface area (Å²) in [4.78, 5) is 13.0. The molecule has 1 N–H and O–H groups in total. The van der Waals surface area contributed by atoms with E-state index in [9.17, 15) is 13.6 Å². The third-order valence-corrected chi connectivity index (χ3v) is 3.28. The molecule has 0 radical (unpaired) electrons. The van der Waals surface area contributed by atoms with Crippen molar-refractivity contribution in [2.45, 2.75) is 13.2 Å². The van der Waals surface area contributed by atoms with Crippen LogP contribution in [0.3, 0.4) is 0 Å². The zero-order chi connectivity index (χ0) is 19.1. The van der Waals surface area contributed by atoms with Crippen LogP contribution in [0.4, 0.5) is 8.78 Å². The number of benzene rings is 2. The second-order valence-corrected chi connectivity index (χ2v) is 5.25. The van der Waals surface area contributed by atoms with E-state index in [2.05, 4.69) is 30.7 Å². The van der Waals surface area contributed by atoms with Crippen LogP contribution in [-0.4, -0.2) is 38.9 Å². The Labute approximate surface area is 152 Å². The lowest BCUT2D eigenvalue weighted by molar-refractivity contribution is -0.122. The number of amides is 1. The van der Waals surface area contributed by atoms with E-state index < -0.39 is 12.5 Å². The van der Waals surface area contributed by atoms with Crippen molar-refractivity contribution in [1.29, 1.82) is 0 Å². The molecule has 0 unspecified atom stereocenters. The number of alkyl halides is 2. The average molecular weight is 372 g/mol. The first-order valence-electron chi connectivity index (χ1n) is 7.80. The van der Waals surface area contributed by atoms with Crippen molar-refractivity contribution in [2.24, 2.45) is 5.10 Å². The molecule has 3 aromatic rings. The maximum atomic E-state index is 12.1. The lowest BCUT2D eigenvalue weighted by Crippen LogP contribution is -2.24. The second kappa shape index (κ2) is 8.61. The topological polar surface area (TPSA) is 94.3 Å². The number of carbonyl (C=O) groups is 1. The van der Waals surface area contributed by atoms with Crippen molar-refractivity contribution in [3.8, 4) is 17.1 Å². The first-order chi connectivity index (χ1) is 13.1. The minimum atomic E-state index is -2.88. The molecule has 0 aliphatic carbocycles. The van der Waals surface area contributed by atoms with Gasteiger partial charge in [-0.25, -0.2) is 5.43 Å². The largest absolute Gasteiger partial charge is 0.435 e. The van der Waals surface area contributed by atoms with Gasteiger partial charge in [-0.1, -0.05) is 30.3 Å². The molecule has 10 heteroatoms. The van der Waals surface area contributed by atoms with E-state index in [1.807, 2.05) is 30.3 Å². The molecule has 2 aromatic carbocycles. The molecule has 1 aromatic heterocycles. The predicted molar refractivity (Wildman–Crippen MR) is 92.1 cm³/mol. The highest BCUT2D eigenvalue weighted by atomic mass is 19.3. The third kappa shape index (κ3) is 5.39. The van der Waals surface area contributed by atoms with Crippen LogP contribution in [0.25, 0.3) is 11.4 Å². The summed E-state index contributed by atoms with van der Waals surface area (Å²) in [5, 5.41) is 15.6. The van der Waals surface area contributed by atoms with E-state index in [1.54, 1.807) is 0 Å². The number of nitrogens with zero attached hydrogens (tertiary/aromatic N) is 5. The summed E-state index contributed by atoms with van der Waals surface area (Å²) in [6.07, 6.45) is 1.37. The molecule has 1 heterocycles. The monoisotopic (exact) mass is 372 g/mol. The number of hydrazone groups is 1. The van der Waals surface area contributed by atoms with Gasteiger partial charge >= 0.3 is 6.61 Å². The lowest BCUT2D eigenvalue weighted by Gasteiger charge is -2.03. The Bertz CT molecular complexity index is 913. The van der Waals surface area contributed by atoms with Gasteiger partial charge in [-0.15, -0.1) is 10.2 Å². The number of aromatic nitrogens is 4. The molecule has 27 heavy (non-hydrogen) atoms. The van der Waals surface area contributed by atoms with E-state index in [0.717, 1.165) is 10.4 Å². The molecule has 8 nitrogen and oxygen atoms in total. The van der Waals surface area contributed by atoms with Gasteiger partial charge < -0.3 is 4.74 Å². The van der Waals surface area contributed by atoms with Crippen LogP contribution in [0.2, 0.25) is 0 Å². The predicted octanol–water partition coefficient (Wildman–Crippen LogP) is 2.09. The molecule has 3 rings (SSSR count). The number of halogens is 2. The van der Waals surface area contributed by atoms with Crippen LogP contribution < -0.4 is 10.2 Å². The van der Waals surface area contributed by atoms with E-state index in [1.165, 1.54) is 30.5 Å². The Morgan fingerprint density at radius 1 is 1.19 bits per heavy atom. The SMILES string of the molecule is O=C(Cn1nnc(-c2ccccc2)n1)N/N=C\c1ccc(OC(F)F)cc1. The molecule has 138 valence electrons. The summed E-state index contributed by atoms with van der Waals surface area (Å²) in [6, 6.07) is 15.1. The van der Waals surface area contributed by atoms with Crippen molar-refractivity contribution in [1.82, 2.24) is 25.6 Å². The summed E-state index contributed by atoms with van der Waals surface area (Å²) in [7, 11) is 0. The van der Waals surface area contributed by atoms with Crippen LogP contribution in [0.1, 0.15) is 5.56 Å². The van der Waals surface area contributed by atoms with E-state index >= 15 is 0 Å². The Morgan fingerprint density at radius 3 is 2.63 bits per heavy atom. The number of tetrazole rings is 1. The van der Waals surface area contributed by atoms with Gasteiger partial charge in [0.25, 0.3) is 5.91 Å². The van der Waals surface area contributed by atoms with Crippen LogP contribution in [0.5, 0.6) is 5.75 Å². The normalized spacial score (nSPS) is 11.1. The van der Waals surface area contributed by atoms with Gasteiger partial charge in [-0.2, -0.15) is 18.7 Å². The van der Waals surface area contributed by atoms with Crippen molar-refractivity contribution < 1.29 is 18.3 Å². The maximum Gasteiger partial charge on any atom is 0.387 e. The minimum absolute atomic E-state index is 0.0395. The highest BCUT2D eigenvalue weighted by Gasteiger charge is 2.08. The van der Waals surface area contributed by atoms with Crippen LogP contribution in [-0.2, 0) is 11.3 Å². The summed E-state index contributed by atoms with van der Waals surface area (Å²) >= 11 is 0. The summed E-state index contributed by atoms with van der Waals surface area (Å²) < 4.78 is 28.4. The molecule has 0 spiro atoms. The van der Waals surface area contributed by atoms with Crippen molar-refractivity contribution in [2.75, 3.05) is 0 Å². The van der Waals surface area contributed by atoms with Gasteiger partial charge in [-0.3, -0.25) is 4.79 Å². The van der Waals surface area contributed by atoms with E-state index in [-0.39, 0.29) is 12.3 Å². The van der Waals surface area contributed by atoms with Crippen molar-refractivity contribution in [3.05, 3.63) is 60.2 Å². The van der Waals surface area contributed by atoms with Gasteiger partial charge in [0, 0.05) is 5.56 Å². The van der Waals surface area contributed by atoms with Crippen molar-refractivity contribution in [3.63, 3.8) is 0 Å². The average Bonchev–Trinajstić information content (AvgIpc) is 3.12. The van der Waals surface area contributed by atoms with Gasteiger partial charge in [0.1, 0.15) is 12.3 Å². The number of hydrogen-bond donors (Lipinski definition) is 1. The second-order valence-electron chi connectivity index (χ2n) is 5.25. The quantitative estimate of drug-likeness (QED) is 0.506. The molecule has 0 aliphatic rings. The van der Waals surface area contributed by atoms with Gasteiger partial charge in [0.2, 0.25) is 5.82 Å². The highest BCUT2D eigenvalue weighted by Crippen LogP contribution is 2.14. The van der Waals surface area contributed by atoms with Crippen molar-refractivity contribution >= 4 is 12.1 Å². The van der Waals surface area contributed by atoms with E-state index in [0.29, 0.717) is 11.4 Å². The van der Waals surface area contributed by atoms with Gasteiger partial charge in [0.05, 0.1) is 6.21 Å². The Kier molecular flexibility index (Phi) is 5.77. The lowest BCUT2D eigenvalue weighted by atomic mass is 10.2. The first-order valence-corrected chi connectivity index (χ1v) is 7.80. The zero-order valence-electron chi connectivity index (χ0n) is 13.9. The summed E-state index contributed by atoms with van der Waals surface area (Å²) in [5.74, 6) is 0.0107. The first kappa shape index (κ1) is 18.1. The molecular weight excluding hydrogens is 358 g/mol. The summed E-state index contributed by atoms with van der Waals surface area (Å²) in [5.41, 5.74) is 3.72. The molecule has 0 aliphatic heterocycles. The number of rotatable bonds is 7. The zero-order valence-corrected chi connectivity index (χ0v) is 13.9. The molecule has 0 saturated carbocycles. The van der Waals surface area contributed by atoms with Gasteiger partial charge in [-0.05, 0) is 35.0 Å². The molecular formula is C17H14F2N6O2. The fourth-order valence-corrected chi connectivity index (χ4v) is 2.09. The van der Waals surface area contributed by atoms with Crippen LogP contribution >= 0.6 is 0 Å². The fraction of sp³-hybridized carbons (Fsp3) is 0.118. The maximum absolute atomic E-state index is 12.1.